The maximum absolute atomic E-state index is 12.0. The highest BCUT2D eigenvalue weighted by Gasteiger charge is 2.16. The Balaban J connectivity index is 1.83. The average Bonchev–Trinajstić information content (AvgIpc) is 2.60. The topological polar surface area (TPSA) is 77.5 Å². The van der Waals surface area contributed by atoms with E-state index in [0.717, 1.165) is 5.56 Å². The number of hydrogen-bond donors (Lipinski definition) is 1. The van der Waals surface area contributed by atoms with Crippen molar-refractivity contribution in [1.29, 1.82) is 0 Å². The van der Waals surface area contributed by atoms with Gasteiger partial charge in [-0.3, -0.25) is 4.79 Å². The molecule has 1 N–H and O–H groups in total. The molecule has 0 fully saturated rings. The molecule has 7 heteroatoms. The molecule has 6 nitrogen and oxygen atoms in total. The number of aromatic nitrogens is 1. The number of pyridine rings is 1. The van der Waals surface area contributed by atoms with E-state index >= 15 is 0 Å². The first kappa shape index (κ1) is 17.7. The summed E-state index contributed by atoms with van der Waals surface area (Å²) in [6.07, 6.45) is 1.51. The van der Waals surface area contributed by atoms with Crippen LogP contribution in [0.25, 0.3) is 0 Å². The van der Waals surface area contributed by atoms with Crippen LogP contribution in [0.5, 0.6) is 5.88 Å². The van der Waals surface area contributed by atoms with Crippen LogP contribution in [0.4, 0.5) is 0 Å². The molecule has 1 aromatic heterocycles. The molecule has 2 rings (SSSR count). The van der Waals surface area contributed by atoms with Crippen molar-refractivity contribution in [2.24, 2.45) is 0 Å². The number of halogens is 1. The normalized spacial score (nSPS) is 10.1. The number of nitrogens with zero attached hydrogens (tertiary/aromatic N) is 1. The summed E-state index contributed by atoms with van der Waals surface area (Å²) in [6.45, 7) is 2.10. The van der Waals surface area contributed by atoms with Gasteiger partial charge in [0.25, 0.3) is 5.91 Å². The Morgan fingerprint density at radius 1 is 1.21 bits per heavy atom. The molecule has 1 aromatic carbocycles. The van der Waals surface area contributed by atoms with Crippen molar-refractivity contribution in [3.63, 3.8) is 0 Å². The van der Waals surface area contributed by atoms with E-state index in [2.05, 4.69) is 10.3 Å². The number of esters is 1. The molecule has 0 aliphatic rings. The second-order valence-electron chi connectivity index (χ2n) is 4.77. The van der Waals surface area contributed by atoms with E-state index in [9.17, 15) is 9.59 Å². The first-order chi connectivity index (χ1) is 11.6. The zero-order valence-electron chi connectivity index (χ0n) is 13.1. The van der Waals surface area contributed by atoms with Gasteiger partial charge in [-0.15, -0.1) is 0 Å². The predicted molar refractivity (Wildman–Crippen MR) is 89.0 cm³/mol. The second kappa shape index (κ2) is 8.88. The second-order valence-corrected chi connectivity index (χ2v) is 5.20. The van der Waals surface area contributed by atoms with E-state index in [4.69, 9.17) is 21.1 Å². The molecule has 0 spiro atoms. The molecule has 0 radical (unpaired) electrons. The van der Waals surface area contributed by atoms with Crippen LogP contribution in [0, 0.1) is 0 Å². The number of benzene rings is 1. The average molecular weight is 349 g/mol. The van der Waals surface area contributed by atoms with Crippen molar-refractivity contribution in [3.8, 4) is 5.88 Å². The zero-order valence-corrected chi connectivity index (χ0v) is 13.9. The molecule has 0 atom stereocenters. The third kappa shape index (κ3) is 5.24. The van der Waals surface area contributed by atoms with Gasteiger partial charge in [-0.25, -0.2) is 9.78 Å². The fraction of sp³-hybridized carbons (Fsp3) is 0.235. The molecule has 0 unspecified atom stereocenters. The number of rotatable bonds is 7. The summed E-state index contributed by atoms with van der Waals surface area (Å²) in [5.74, 6) is -0.875. The molecule has 1 amide bonds. The van der Waals surface area contributed by atoms with E-state index in [-0.39, 0.29) is 18.1 Å². The molecular formula is C17H17ClN2O4. The van der Waals surface area contributed by atoms with Gasteiger partial charge in [0.2, 0.25) is 5.88 Å². The number of ether oxygens (including phenoxy) is 2. The van der Waals surface area contributed by atoms with Gasteiger partial charge in [-0.2, -0.15) is 0 Å². The Morgan fingerprint density at radius 2 is 1.96 bits per heavy atom. The van der Waals surface area contributed by atoms with Crippen molar-refractivity contribution in [2.75, 3.05) is 13.2 Å². The Kier molecular flexibility index (Phi) is 6.57. The van der Waals surface area contributed by atoms with Crippen molar-refractivity contribution < 1.29 is 19.1 Å². The first-order valence-electron chi connectivity index (χ1n) is 7.36. The Hall–Kier alpha value is -2.60. The monoisotopic (exact) mass is 348 g/mol. The molecule has 0 aliphatic heterocycles. The lowest BCUT2D eigenvalue weighted by molar-refractivity contribution is -0.124. The van der Waals surface area contributed by atoms with E-state index in [1.807, 2.05) is 0 Å². The predicted octanol–water partition coefficient (Wildman–Crippen LogP) is 2.61. The summed E-state index contributed by atoms with van der Waals surface area (Å²) in [6, 6.07) is 10.2. The number of carbonyl (C=O) groups is 2. The molecule has 1 heterocycles. The minimum atomic E-state index is -0.659. The summed E-state index contributed by atoms with van der Waals surface area (Å²) in [5.41, 5.74) is 1.08. The van der Waals surface area contributed by atoms with Crippen LogP contribution in [-0.4, -0.2) is 30.1 Å². The Labute approximate surface area is 144 Å². The van der Waals surface area contributed by atoms with Gasteiger partial charge in [0.1, 0.15) is 5.56 Å². The molecule has 0 bridgehead atoms. The summed E-state index contributed by atoms with van der Waals surface area (Å²) >= 11 is 5.79. The van der Waals surface area contributed by atoms with Crippen LogP contribution >= 0.6 is 11.6 Å². The number of amides is 1. The lowest BCUT2D eigenvalue weighted by Gasteiger charge is -2.09. The van der Waals surface area contributed by atoms with Gasteiger partial charge in [0.15, 0.2) is 6.61 Å². The van der Waals surface area contributed by atoms with Crippen molar-refractivity contribution in [3.05, 3.63) is 58.7 Å². The summed E-state index contributed by atoms with van der Waals surface area (Å²) in [7, 11) is 0. The van der Waals surface area contributed by atoms with Crippen molar-refractivity contribution in [2.45, 2.75) is 13.5 Å². The fourth-order valence-corrected chi connectivity index (χ4v) is 1.99. The third-order valence-electron chi connectivity index (χ3n) is 3.01. The van der Waals surface area contributed by atoms with E-state index < -0.39 is 11.9 Å². The smallest absolute Gasteiger partial charge is 0.344 e. The highest BCUT2D eigenvalue weighted by molar-refractivity contribution is 6.30. The van der Waals surface area contributed by atoms with E-state index in [0.29, 0.717) is 18.2 Å². The van der Waals surface area contributed by atoms with Gasteiger partial charge >= 0.3 is 5.97 Å². The quantitative estimate of drug-likeness (QED) is 0.778. The van der Waals surface area contributed by atoms with Crippen LogP contribution < -0.4 is 10.1 Å². The molecule has 0 saturated heterocycles. The largest absolute Gasteiger partial charge is 0.477 e. The van der Waals surface area contributed by atoms with Crippen LogP contribution in [0.15, 0.2) is 42.6 Å². The van der Waals surface area contributed by atoms with Gasteiger partial charge in [-0.05, 0) is 36.8 Å². The van der Waals surface area contributed by atoms with Gasteiger partial charge in [0, 0.05) is 17.8 Å². The minimum Gasteiger partial charge on any atom is -0.477 e. The first-order valence-corrected chi connectivity index (χ1v) is 7.74. The van der Waals surface area contributed by atoms with E-state index in [1.54, 1.807) is 37.3 Å². The highest BCUT2D eigenvalue weighted by atomic mass is 35.5. The summed E-state index contributed by atoms with van der Waals surface area (Å²) in [4.78, 5) is 27.8. The van der Waals surface area contributed by atoms with Crippen LogP contribution in [0.1, 0.15) is 22.8 Å². The number of carbonyl (C=O) groups excluding carboxylic acids is 2. The third-order valence-corrected chi connectivity index (χ3v) is 3.26. The molecule has 2 aromatic rings. The SMILES string of the molecule is CCOc1ncccc1C(=O)OCC(=O)NCc1ccc(Cl)cc1. The lowest BCUT2D eigenvalue weighted by Crippen LogP contribution is -2.28. The van der Waals surface area contributed by atoms with Gasteiger partial charge < -0.3 is 14.8 Å². The van der Waals surface area contributed by atoms with Crippen LogP contribution in [0.2, 0.25) is 5.02 Å². The zero-order chi connectivity index (χ0) is 17.4. The molecule has 0 aliphatic carbocycles. The van der Waals surface area contributed by atoms with Crippen molar-refractivity contribution in [1.82, 2.24) is 10.3 Å². The van der Waals surface area contributed by atoms with Crippen LogP contribution in [-0.2, 0) is 16.1 Å². The maximum Gasteiger partial charge on any atom is 0.344 e. The lowest BCUT2D eigenvalue weighted by atomic mass is 10.2. The van der Waals surface area contributed by atoms with Gasteiger partial charge in [-0.1, -0.05) is 23.7 Å². The maximum atomic E-state index is 12.0. The standard InChI is InChI=1S/C17H17ClN2O4/c1-2-23-16-14(4-3-9-19-16)17(22)24-11-15(21)20-10-12-5-7-13(18)8-6-12/h3-9H,2,10-11H2,1H3,(H,20,21). The highest BCUT2D eigenvalue weighted by Crippen LogP contribution is 2.15. The Bertz CT molecular complexity index is 704. The fourth-order valence-electron chi connectivity index (χ4n) is 1.86. The van der Waals surface area contributed by atoms with Crippen LogP contribution in [0.3, 0.4) is 0 Å². The Morgan fingerprint density at radius 3 is 2.67 bits per heavy atom. The number of nitrogens with one attached hydrogen (secondary N) is 1. The van der Waals surface area contributed by atoms with Crippen molar-refractivity contribution >= 4 is 23.5 Å². The van der Waals surface area contributed by atoms with E-state index in [1.165, 1.54) is 12.3 Å². The molecule has 24 heavy (non-hydrogen) atoms. The summed E-state index contributed by atoms with van der Waals surface area (Å²) in [5, 5.41) is 3.28. The molecule has 126 valence electrons. The molecular weight excluding hydrogens is 332 g/mol. The summed E-state index contributed by atoms with van der Waals surface area (Å²) < 4.78 is 10.2. The van der Waals surface area contributed by atoms with Gasteiger partial charge in [0.05, 0.1) is 6.61 Å². The minimum absolute atomic E-state index is 0.185. The number of hydrogen-bond acceptors (Lipinski definition) is 5. The molecule has 0 saturated carbocycles.